The molecule has 0 fully saturated rings. The van der Waals surface area contributed by atoms with Crippen molar-refractivity contribution in [1.82, 2.24) is 0 Å². The second kappa shape index (κ2) is 11.2. The molecule has 0 bridgehead atoms. The molecule has 0 spiro atoms. The van der Waals surface area contributed by atoms with Crippen molar-refractivity contribution >= 4 is 5.97 Å². The van der Waals surface area contributed by atoms with E-state index in [9.17, 15) is 4.79 Å². The maximum Gasteiger partial charge on any atom is 0.335 e. The standard InChI is InChI=1S/C6H12O7.Fe.2H2O/c7-1-2(8)3(9)4(10)5(11)6(12)13;;;/h2-5,7-11H,1H2,(H,12,13);;2*1H2/t2-,3-,4+,5-;;;/m1.../s1. The van der Waals surface area contributed by atoms with E-state index in [0.717, 1.165) is 0 Å². The van der Waals surface area contributed by atoms with Gasteiger partial charge in [0, 0.05) is 17.1 Å². The zero-order chi connectivity index (χ0) is 10.6. The van der Waals surface area contributed by atoms with E-state index in [-0.39, 0.29) is 28.0 Å². The molecule has 0 aromatic carbocycles. The molecule has 0 saturated carbocycles. The summed E-state index contributed by atoms with van der Waals surface area (Å²) in [5.41, 5.74) is 0. The van der Waals surface area contributed by atoms with Crippen LogP contribution in [0.1, 0.15) is 0 Å². The molecule has 9 nitrogen and oxygen atoms in total. The van der Waals surface area contributed by atoms with Crippen molar-refractivity contribution in [3.63, 3.8) is 0 Å². The molecule has 0 aliphatic heterocycles. The summed E-state index contributed by atoms with van der Waals surface area (Å²) in [4.78, 5) is 10.1. The summed E-state index contributed by atoms with van der Waals surface area (Å²) in [6, 6.07) is 0. The number of rotatable bonds is 5. The Balaban J connectivity index is -0.000000240. The van der Waals surface area contributed by atoms with Gasteiger partial charge in [-0.1, -0.05) is 0 Å². The third-order valence-electron chi connectivity index (χ3n) is 1.51. The Morgan fingerprint density at radius 2 is 1.38 bits per heavy atom. The number of hydrogen-bond donors (Lipinski definition) is 6. The predicted octanol–water partition coefficient (Wildman–Crippen LogP) is -5.14. The van der Waals surface area contributed by atoms with E-state index in [1.807, 2.05) is 0 Å². The number of aliphatic carboxylic acids is 1. The van der Waals surface area contributed by atoms with Gasteiger partial charge in [-0.25, -0.2) is 4.79 Å². The number of hydrogen-bond acceptors (Lipinski definition) is 6. The van der Waals surface area contributed by atoms with Gasteiger partial charge in [0.2, 0.25) is 0 Å². The summed E-state index contributed by atoms with van der Waals surface area (Å²) in [7, 11) is 0. The first kappa shape index (κ1) is 24.8. The van der Waals surface area contributed by atoms with Crippen LogP contribution in [0.4, 0.5) is 0 Å². The first-order valence-electron chi connectivity index (χ1n) is 3.47. The van der Waals surface area contributed by atoms with Crippen molar-refractivity contribution in [3.8, 4) is 0 Å². The summed E-state index contributed by atoms with van der Waals surface area (Å²) < 4.78 is 0. The smallest absolute Gasteiger partial charge is 0.335 e. The van der Waals surface area contributed by atoms with Crippen molar-refractivity contribution < 1.29 is 63.5 Å². The zero-order valence-corrected chi connectivity index (χ0v) is 9.07. The first-order valence-corrected chi connectivity index (χ1v) is 3.47. The normalized spacial score (nSPS) is 16.6. The van der Waals surface area contributed by atoms with Crippen molar-refractivity contribution in [3.05, 3.63) is 0 Å². The summed E-state index contributed by atoms with van der Waals surface area (Å²) in [5, 5.41) is 51.8. The summed E-state index contributed by atoms with van der Waals surface area (Å²) in [5.74, 6) is -1.73. The van der Waals surface area contributed by atoms with E-state index < -0.39 is 37.0 Å². The van der Waals surface area contributed by atoms with Gasteiger partial charge in [-0.2, -0.15) is 0 Å². The molecule has 0 aromatic rings. The third kappa shape index (κ3) is 7.06. The monoisotopic (exact) mass is 288 g/mol. The number of carboxylic acid groups (broad SMARTS) is 1. The van der Waals surface area contributed by atoms with E-state index in [0.29, 0.717) is 0 Å². The molecule has 4 atom stereocenters. The second-order valence-electron chi connectivity index (χ2n) is 2.51. The van der Waals surface area contributed by atoms with E-state index in [2.05, 4.69) is 0 Å². The van der Waals surface area contributed by atoms with Crippen LogP contribution < -0.4 is 0 Å². The molecule has 0 aromatic heterocycles. The molecule has 16 heavy (non-hydrogen) atoms. The summed E-state index contributed by atoms with van der Waals surface area (Å²) >= 11 is 0. The predicted molar refractivity (Wildman–Crippen MR) is 46.0 cm³/mol. The largest absolute Gasteiger partial charge is 0.479 e. The van der Waals surface area contributed by atoms with Gasteiger partial charge in [-0.3, -0.25) is 0 Å². The van der Waals surface area contributed by atoms with Crippen LogP contribution >= 0.6 is 0 Å². The molecule has 0 aliphatic carbocycles. The fourth-order valence-corrected chi connectivity index (χ4v) is 0.668. The Bertz CT molecular complexity index is 177. The molecule has 0 heterocycles. The van der Waals surface area contributed by atoms with Gasteiger partial charge in [0.15, 0.2) is 6.10 Å². The molecule has 10 heteroatoms. The van der Waals surface area contributed by atoms with Crippen LogP contribution in [0.3, 0.4) is 0 Å². The van der Waals surface area contributed by atoms with Crippen LogP contribution in [-0.4, -0.2) is 78.6 Å². The van der Waals surface area contributed by atoms with Crippen molar-refractivity contribution in [1.29, 1.82) is 0 Å². The molecule has 0 saturated heterocycles. The maximum absolute atomic E-state index is 10.1. The average molecular weight is 288 g/mol. The fourth-order valence-electron chi connectivity index (χ4n) is 0.668. The molecule has 0 unspecified atom stereocenters. The maximum atomic E-state index is 10.1. The van der Waals surface area contributed by atoms with Crippen LogP contribution in [0.15, 0.2) is 0 Å². The zero-order valence-electron chi connectivity index (χ0n) is 7.96. The van der Waals surface area contributed by atoms with Crippen molar-refractivity contribution in [2.75, 3.05) is 6.61 Å². The molecule has 0 amide bonds. The minimum Gasteiger partial charge on any atom is -0.479 e. The quantitative estimate of drug-likeness (QED) is 0.271. The van der Waals surface area contributed by atoms with Gasteiger partial charge in [0.05, 0.1) is 6.61 Å². The first-order chi connectivity index (χ1) is 5.91. The van der Waals surface area contributed by atoms with Gasteiger partial charge in [0.25, 0.3) is 0 Å². The molecular formula is C6H16FeO9. The van der Waals surface area contributed by atoms with Crippen LogP contribution in [0.2, 0.25) is 0 Å². The van der Waals surface area contributed by atoms with E-state index >= 15 is 0 Å². The van der Waals surface area contributed by atoms with E-state index in [1.54, 1.807) is 0 Å². The van der Waals surface area contributed by atoms with Gasteiger partial charge in [0.1, 0.15) is 18.3 Å². The molecular weight excluding hydrogens is 272 g/mol. The van der Waals surface area contributed by atoms with E-state index in [1.165, 1.54) is 0 Å². The topological polar surface area (TPSA) is 201 Å². The number of aliphatic hydroxyl groups is 5. The minimum atomic E-state index is -2.20. The van der Waals surface area contributed by atoms with Gasteiger partial charge < -0.3 is 41.6 Å². The fraction of sp³-hybridized carbons (Fsp3) is 0.833. The SMILES string of the molecule is O.O.O=C(O)[C@H](O)[C@@H](O)[C@H](O)[C@H](O)CO.[Fe]. The molecule has 0 rings (SSSR count). The molecule has 0 radical (unpaired) electrons. The molecule has 0 aliphatic rings. The van der Waals surface area contributed by atoms with Gasteiger partial charge >= 0.3 is 5.97 Å². The summed E-state index contributed by atoms with van der Waals surface area (Å²) in [6.45, 7) is -0.843. The average Bonchev–Trinajstić information content (AvgIpc) is 2.12. The third-order valence-corrected chi connectivity index (χ3v) is 1.51. The van der Waals surface area contributed by atoms with Crippen molar-refractivity contribution in [2.45, 2.75) is 24.4 Å². The van der Waals surface area contributed by atoms with Crippen LogP contribution in [-0.2, 0) is 21.9 Å². The Kier molecular flexibility index (Phi) is 17.4. The number of carbonyl (C=O) groups is 1. The summed E-state index contributed by atoms with van der Waals surface area (Å²) in [6.07, 6.45) is -7.84. The Morgan fingerprint density at radius 3 is 1.62 bits per heavy atom. The molecule has 102 valence electrons. The van der Waals surface area contributed by atoms with Gasteiger partial charge in [-0.15, -0.1) is 0 Å². The number of carboxylic acids is 1. The Hall–Kier alpha value is -0.291. The van der Waals surface area contributed by atoms with Crippen LogP contribution in [0.5, 0.6) is 0 Å². The Morgan fingerprint density at radius 1 is 1.00 bits per heavy atom. The van der Waals surface area contributed by atoms with Crippen LogP contribution in [0, 0.1) is 0 Å². The number of aliphatic hydroxyl groups excluding tert-OH is 5. The Labute approximate surface area is 101 Å². The van der Waals surface area contributed by atoms with Crippen LogP contribution in [0.25, 0.3) is 0 Å². The minimum absolute atomic E-state index is 0. The van der Waals surface area contributed by atoms with Gasteiger partial charge in [-0.05, 0) is 0 Å². The second-order valence-corrected chi connectivity index (χ2v) is 2.51. The van der Waals surface area contributed by atoms with E-state index in [4.69, 9.17) is 30.6 Å². The molecule has 10 N–H and O–H groups in total. The van der Waals surface area contributed by atoms with Crippen molar-refractivity contribution in [2.24, 2.45) is 0 Å².